The third kappa shape index (κ3) is 1.32. The van der Waals surface area contributed by atoms with Crippen molar-refractivity contribution in [3.63, 3.8) is 0 Å². The molecular formula is C11H10FNO. The topological polar surface area (TPSA) is 46.2 Å². The van der Waals surface area contributed by atoms with E-state index in [0.29, 0.717) is 11.9 Å². The summed E-state index contributed by atoms with van der Waals surface area (Å²) in [5.74, 6) is -0.468. The summed E-state index contributed by atoms with van der Waals surface area (Å²) in [6.45, 7) is 0.333. The summed E-state index contributed by atoms with van der Waals surface area (Å²) < 4.78 is 13.3. The van der Waals surface area contributed by atoms with Crippen molar-refractivity contribution in [3.8, 4) is 5.75 Å². The molecule has 0 aliphatic carbocycles. The minimum atomic E-state index is -0.413. The van der Waals surface area contributed by atoms with E-state index in [-0.39, 0.29) is 11.1 Å². The molecule has 0 unspecified atom stereocenters. The fraction of sp³-hybridized carbons (Fsp3) is 0.0909. The number of nitrogens with two attached hydrogens (primary N) is 1. The fourth-order valence-electron chi connectivity index (χ4n) is 1.54. The van der Waals surface area contributed by atoms with Gasteiger partial charge < -0.3 is 10.8 Å². The summed E-state index contributed by atoms with van der Waals surface area (Å²) in [7, 11) is 0. The normalized spacial score (nSPS) is 10.7. The average Bonchev–Trinajstić information content (AvgIpc) is 2.17. The maximum Gasteiger partial charge on any atom is 0.134 e. The monoisotopic (exact) mass is 191 g/mol. The van der Waals surface area contributed by atoms with E-state index in [1.807, 2.05) is 0 Å². The number of benzene rings is 2. The van der Waals surface area contributed by atoms with E-state index in [0.717, 1.165) is 5.56 Å². The molecule has 2 rings (SSSR count). The van der Waals surface area contributed by atoms with E-state index in [1.165, 1.54) is 12.1 Å². The SMILES string of the molecule is NCc1cc(O)c2c(F)cccc2c1. The Morgan fingerprint density at radius 2 is 2.07 bits per heavy atom. The third-order valence-electron chi connectivity index (χ3n) is 2.20. The van der Waals surface area contributed by atoms with Crippen molar-refractivity contribution in [2.24, 2.45) is 5.73 Å². The highest BCUT2D eigenvalue weighted by atomic mass is 19.1. The second-order valence-corrected chi connectivity index (χ2v) is 3.16. The zero-order chi connectivity index (χ0) is 10.1. The van der Waals surface area contributed by atoms with Gasteiger partial charge in [-0.3, -0.25) is 0 Å². The van der Waals surface area contributed by atoms with E-state index in [2.05, 4.69) is 0 Å². The van der Waals surface area contributed by atoms with E-state index in [9.17, 15) is 9.50 Å². The van der Waals surface area contributed by atoms with E-state index < -0.39 is 5.82 Å². The van der Waals surface area contributed by atoms with Crippen LogP contribution in [0, 0.1) is 5.82 Å². The molecule has 0 heterocycles. The largest absolute Gasteiger partial charge is 0.507 e. The van der Waals surface area contributed by atoms with E-state index in [4.69, 9.17) is 5.73 Å². The lowest BCUT2D eigenvalue weighted by Gasteiger charge is -2.04. The first-order valence-electron chi connectivity index (χ1n) is 4.32. The van der Waals surface area contributed by atoms with Gasteiger partial charge in [0.2, 0.25) is 0 Å². The molecule has 2 aromatic rings. The lowest BCUT2D eigenvalue weighted by atomic mass is 10.1. The highest BCUT2D eigenvalue weighted by Crippen LogP contribution is 2.28. The molecule has 0 aromatic heterocycles. The third-order valence-corrected chi connectivity index (χ3v) is 2.20. The van der Waals surface area contributed by atoms with Gasteiger partial charge in [0, 0.05) is 6.54 Å². The van der Waals surface area contributed by atoms with Gasteiger partial charge in [0.05, 0.1) is 5.39 Å². The molecule has 3 N–H and O–H groups in total. The molecular weight excluding hydrogens is 181 g/mol. The average molecular weight is 191 g/mol. The Hall–Kier alpha value is -1.61. The Morgan fingerprint density at radius 3 is 2.79 bits per heavy atom. The molecule has 72 valence electrons. The first-order chi connectivity index (χ1) is 6.72. The van der Waals surface area contributed by atoms with Gasteiger partial charge in [0.1, 0.15) is 11.6 Å². The van der Waals surface area contributed by atoms with Crippen LogP contribution in [0.1, 0.15) is 5.56 Å². The molecule has 14 heavy (non-hydrogen) atoms. The smallest absolute Gasteiger partial charge is 0.134 e. The van der Waals surface area contributed by atoms with Crippen LogP contribution in [-0.4, -0.2) is 5.11 Å². The van der Waals surface area contributed by atoms with Crippen LogP contribution in [0.2, 0.25) is 0 Å². The van der Waals surface area contributed by atoms with Crippen LogP contribution < -0.4 is 5.73 Å². The standard InChI is InChI=1S/C11H10FNO/c12-9-3-1-2-8-4-7(6-13)5-10(14)11(8)9/h1-5,14H,6,13H2. The molecule has 3 heteroatoms. The van der Waals surface area contributed by atoms with Gasteiger partial charge in [-0.2, -0.15) is 0 Å². The Bertz CT molecular complexity index is 482. The Balaban J connectivity index is 2.83. The van der Waals surface area contributed by atoms with Gasteiger partial charge in [0.15, 0.2) is 0 Å². The van der Waals surface area contributed by atoms with Crippen molar-refractivity contribution in [2.45, 2.75) is 6.54 Å². The predicted octanol–water partition coefficient (Wildman–Crippen LogP) is 2.14. The maximum atomic E-state index is 13.3. The molecule has 0 saturated carbocycles. The van der Waals surface area contributed by atoms with Gasteiger partial charge in [0.25, 0.3) is 0 Å². The number of hydrogen-bond donors (Lipinski definition) is 2. The molecule has 0 atom stereocenters. The van der Waals surface area contributed by atoms with E-state index >= 15 is 0 Å². The minimum Gasteiger partial charge on any atom is -0.507 e. The number of rotatable bonds is 1. The minimum absolute atomic E-state index is 0.0546. The molecule has 2 aromatic carbocycles. The van der Waals surface area contributed by atoms with Crippen LogP contribution in [-0.2, 0) is 6.54 Å². The van der Waals surface area contributed by atoms with Crippen molar-refractivity contribution in [3.05, 3.63) is 41.7 Å². The summed E-state index contributed by atoms with van der Waals surface area (Å²) >= 11 is 0. The van der Waals surface area contributed by atoms with Crippen molar-refractivity contribution < 1.29 is 9.50 Å². The van der Waals surface area contributed by atoms with Gasteiger partial charge in [-0.15, -0.1) is 0 Å². The maximum absolute atomic E-state index is 13.3. The number of hydrogen-bond acceptors (Lipinski definition) is 2. The molecule has 0 saturated heterocycles. The second kappa shape index (κ2) is 3.27. The molecule has 0 spiro atoms. The molecule has 0 fully saturated rings. The molecule has 0 amide bonds. The molecule has 0 aliphatic heterocycles. The lowest BCUT2D eigenvalue weighted by molar-refractivity contribution is 0.478. The number of phenols is 1. The van der Waals surface area contributed by atoms with Crippen molar-refractivity contribution in [1.82, 2.24) is 0 Å². The quantitative estimate of drug-likeness (QED) is 0.725. The predicted molar refractivity (Wildman–Crippen MR) is 53.5 cm³/mol. The zero-order valence-electron chi connectivity index (χ0n) is 7.50. The Morgan fingerprint density at radius 1 is 1.29 bits per heavy atom. The molecule has 0 bridgehead atoms. The molecule has 0 radical (unpaired) electrons. The first-order valence-corrected chi connectivity index (χ1v) is 4.32. The van der Waals surface area contributed by atoms with Crippen molar-refractivity contribution in [1.29, 1.82) is 0 Å². The Kier molecular flexibility index (Phi) is 2.09. The van der Waals surface area contributed by atoms with Crippen molar-refractivity contribution in [2.75, 3.05) is 0 Å². The van der Waals surface area contributed by atoms with Crippen LogP contribution in [0.5, 0.6) is 5.75 Å². The van der Waals surface area contributed by atoms with E-state index in [1.54, 1.807) is 18.2 Å². The van der Waals surface area contributed by atoms with Crippen LogP contribution >= 0.6 is 0 Å². The summed E-state index contributed by atoms with van der Waals surface area (Å²) in [6.07, 6.45) is 0. The van der Waals surface area contributed by atoms with Gasteiger partial charge >= 0.3 is 0 Å². The van der Waals surface area contributed by atoms with Crippen LogP contribution in [0.15, 0.2) is 30.3 Å². The highest BCUT2D eigenvalue weighted by molar-refractivity contribution is 5.89. The van der Waals surface area contributed by atoms with Crippen molar-refractivity contribution >= 4 is 10.8 Å². The fourth-order valence-corrected chi connectivity index (χ4v) is 1.54. The lowest BCUT2D eigenvalue weighted by Crippen LogP contribution is -1.96. The first kappa shape index (κ1) is 8.97. The summed E-state index contributed by atoms with van der Waals surface area (Å²) in [6, 6.07) is 7.95. The summed E-state index contributed by atoms with van der Waals surface area (Å²) in [5, 5.41) is 10.5. The zero-order valence-corrected chi connectivity index (χ0v) is 7.50. The van der Waals surface area contributed by atoms with Gasteiger partial charge in [-0.1, -0.05) is 12.1 Å². The van der Waals surface area contributed by atoms with Gasteiger partial charge in [-0.25, -0.2) is 4.39 Å². The number of halogens is 1. The Labute approximate surface area is 80.8 Å². The summed E-state index contributed by atoms with van der Waals surface area (Å²) in [4.78, 5) is 0. The van der Waals surface area contributed by atoms with Gasteiger partial charge in [-0.05, 0) is 29.1 Å². The second-order valence-electron chi connectivity index (χ2n) is 3.16. The highest BCUT2D eigenvalue weighted by Gasteiger charge is 2.06. The number of phenolic OH excluding ortho intramolecular Hbond substituents is 1. The van der Waals surface area contributed by atoms with Crippen LogP contribution in [0.25, 0.3) is 10.8 Å². The number of fused-ring (bicyclic) bond motifs is 1. The number of aromatic hydroxyl groups is 1. The molecule has 0 aliphatic rings. The summed E-state index contributed by atoms with van der Waals surface area (Å²) in [5.41, 5.74) is 6.24. The van der Waals surface area contributed by atoms with Crippen LogP contribution in [0.3, 0.4) is 0 Å². The van der Waals surface area contributed by atoms with Crippen LogP contribution in [0.4, 0.5) is 4.39 Å². The molecule has 2 nitrogen and oxygen atoms in total.